The summed E-state index contributed by atoms with van der Waals surface area (Å²) in [5.74, 6) is -0.375. The number of aromatic nitrogens is 2. The topological polar surface area (TPSA) is 29.0 Å². The lowest BCUT2D eigenvalue weighted by atomic mass is 10.1. The van der Waals surface area contributed by atoms with E-state index in [1.165, 1.54) is 24.3 Å². The maximum Gasteiger partial charge on any atom is 0.433 e. The first kappa shape index (κ1) is 14.7. The average molecular weight is 311 g/mol. The molecule has 0 unspecified atom stereocenters. The van der Waals surface area contributed by atoms with Gasteiger partial charge in [-0.2, -0.15) is 13.2 Å². The lowest BCUT2D eigenvalue weighted by Crippen LogP contribution is -2.22. The van der Waals surface area contributed by atoms with Crippen LogP contribution in [0.5, 0.6) is 0 Å². The summed E-state index contributed by atoms with van der Waals surface area (Å²) in [6.07, 6.45) is -2.73. The summed E-state index contributed by atoms with van der Waals surface area (Å²) in [7, 11) is 0. The Bertz CT molecular complexity index is 661. The zero-order valence-electron chi connectivity index (χ0n) is 11.6. The van der Waals surface area contributed by atoms with E-state index in [1.807, 2.05) is 0 Å². The normalized spacial score (nSPS) is 15.4. The van der Waals surface area contributed by atoms with Gasteiger partial charge in [-0.3, -0.25) is 0 Å². The molecule has 0 bridgehead atoms. The highest BCUT2D eigenvalue weighted by molar-refractivity contribution is 5.61. The summed E-state index contributed by atoms with van der Waals surface area (Å²) in [6, 6.07) is 6.10. The Morgan fingerprint density at radius 2 is 1.59 bits per heavy atom. The fraction of sp³-hybridized carbons (Fsp3) is 0.333. The Labute approximate surface area is 124 Å². The van der Waals surface area contributed by atoms with E-state index in [-0.39, 0.29) is 11.6 Å². The number of nitrogens with zero attached hydrogens (tertiary/aromatic N) is 3. The summed E-state index contributed by atoms with van der Waals surface area (Å²) in [5, 5.41) is 0. The number of halogens is 4. The van der Waals surface area contributed by atoms with Crippen LogP contribution < -0.4 is 4.90 Å². The van der Waals surface area contributed by atoms with Gasteiger partial charge >= 0.3 is 6.18 Å². The van der Waals surface area contributed by atoms with Crippen LogP contribution in [0.3, 0.4) is 0 Å². The Morgan fingerprint density at radius 3 is 2.18 bits per heavy atom. The first-order chi connectivity index (χ1) is 10.4. The predicted molar refractivity (Wildman–Crippen MR) is 73.9 cm³/mol. The Kier molecular flexibility index (Phi) is 3.72. The molecule has 3 rings (SSSR count). The molecular weight excluding hydrogens is 298 g/mol. The Hall–Kier alpha value is -2.18. The van der Waals surface area contributed by atoms with Gasteiger partial charge in [-0.25, -0.2) is 14.4 Å². The molecule has 3 nitrogen and oxygen atoms in total. The van der Waals surface area contributed by atoms with Crippen LogP contribution in [0.15, 0.2) is 30.3 Å². The zero-order chi connectivity index (χ0) is 15.7. The molecule has 0 spiro atoms. The van der Waals surface area contributed by atoms with E-state index in [9.17, 15) is 17.6 Å². The highest BCUT2D eigenvalue weighted by Gasteiger charge is 2.34. The van der Waals surface area contributed by atoms with Crippen molar-refractivity contribution in [3.05, 3.63) is 41.8 Å². The molecule has 1 fully saturated rings. The van der Waals surface area contributed by atoms with Gasteiger partial charge in [0.05, 0.1) is 5.69 Å². The van der Waals surface area contributed by atoms with Gasteiger partial charge in [0, 0.05) is 18.7 Å². The largest absolute Gasteiger partial charge is 0.433 e. The average Bonchev–Trinajstić information content (AvgIpc) is 3.01. The lowest BCUT2D eigenvalue weighted by Gasteiger charge is -2.18. The molecule has 22 heavy (non-hydrogen) atoms. The SMILES string of the molecule is Fc1ccc(-c2cc(C(F)(F)F)nc(N3CCCC3)n2)cc1. The van der Waals surface area contributed by atoms with Gasteiger partial charge in [-0.1, -0.05) is 0 Å². The fourth-order valence-corrected chi connectivity index (χ4v) is 2.41. The number of alkyl halides is 3. The maximum absolute atomic E-state index is 13.0. The van der Waals surface area contributed by atoms with Crippen LogP contribution in [0.1, 0.15) is 18.5 Å². The molecule has 0 saturated carbocycles. The van der Waals surface area contributed by atoms with Crippen molar-refractivity contribution in [1.29, 1.82) is 0 Å². The molecule has 2 heterocycles. The second-order valence-electron chi connectivity index (χ2n) is 5.14. The van der Waals surface area contributed by atoms with Gasteiger partial charge < -0.3 is 4.90 Å². The van der Waals surface area contributed by atoms with E-state index < -0.39 is 17.7 Å². The van der Waals surface area contributed by atoms with Crippen molar-refractivity contribution in [3.8, 4) is 11.3 Å². The molecule has 0 atom stereocenters. The van der Waals surface area contributed by atoms with Crippen molar-refractivity contribution in [2.45, 2.75) is 19.0 Å². The van der Waals surface area contributed by atoms with Gasteiger partial charge in [0.2, 0.25) is 5.95 Å². The van der Waals surface area contributed by atoms with Crippen molar-refractivity contribution in [1.82, 2.24) is 9.97 Å². The number of anilines is 1. The third-order valence-electron chi connectivity index (χ3n) is 3.53. The molecule has 7 heteroatoms. The second-order valence-corrected chi connectivity index (χ2v) is 5.14. The summed E-state index contributed by atoms with van der Waals surface area (Å²) < 4.78 is 52.1. The van der Waals surface area contributed by atoms with E-state index in [2.05, 4.69) is 9.97 Å². The van der Waals surface area contributed by atoms with Crippen molar-refractivity contribution in [2.24, 2.45) is 0 Å². The van der Waals surface area contributed by atoms with Crippen LogP contribution in [-0.2, 0) is 6.18 Å². The van der Waals surface area contributed by atoms with Crippen LogP contribution >= 0.6 is 0 Å². The van der Waals surface area contributed by atoms with Crippen LogP contribution in [0.4, 0.5) is 23.5 Å². The molecule has 1 aromatic heterocycles. The van der Waals surface area contributed by atoms with E-state index in [4.69, 9.17) is 0 Å². The van der Waals surface area contributed by atoms with Crippen molar-refractivity contribution in [2.75, 3.05) is 18.0 Å². The summed E-state index contributed by atoms with van der Waals surface area (Å²) in [5.41, 5.74) is -0.414. The van der Waals surface area contributed by atoms with Gasteiger partial charge in [-0.05, 0) is 43.2 Å². The molecule has 2 aromatic rings. The molecule has 0 N–H and O–H groups in total. The summed E-state index contributed by atoms with van der Waals surface area (Å²) >= 11 is 0. The minimum absolute atomic E-state index is 0.0756. The monoisotopic (exact) mass is 311 g/mol. The van der Waals surface area contributed by atoms with Crippen LogP contribution in [0.2, 0.25) is 0 Å². The first-order valence-corrected chi connectivity index (χ1v) is 6.91. The minimum Gasteiger partial charge on any atom is -0.341 e. The molecule has 0 radical (unpaired) electrons. The second kappa shape index (κ2) is 5.55. The summed E-state index contributed by atoms with van der Waals surface area (Å²) in [6.45, 7) is 1.29. The lowest BCUT2D eigenvalue weighted by molar-refractivity contribution is -0.141. The van der Waals surface area contributed by atoms with Crippen LogP contribution in [0.25, 0.3) is 11.3 Å². The minimum atomic E-state index is -4.55. The Morgan fingerprint density at radius 1 is 0.955 bits per heavy atom. The van der Waals surface area contributed by atoms with E-state index >= 15 is 0 Å². The fourth-order valence-electron chi connectivity index (χ4n) is 2.41. The van der Waals surface area contributed by atoms with Crippen molar-refractivity contribution < 1.29 is 17.6 Å². The van der Waals surface area contributed by atoms with Crippen LogP contribution in [0, 0.1) is 5.82 Å². The molecule has 1 aliphatic rings. The molecule has 0 aliphatic carbocycles. The van der Waals surface area contributed by atoms with E-state index in [0.717, 1.165) is 18.9 Å². The molecule has 0 amide bonds. The quantitative estimate of drug-likeness (QED) is 0.788. The molecule has 1 saturated heterocycles. The molecule has 1 aliphatic heterocycles. The van der Waals surface area contributed by atoms with Crippen molar-refractivity contribution in [3.63, 3.8) is 0 Å². The number of benzene rings is 1. The molecule has 1 aromatic carbocycles. The smallest absolute Gasteiger partial charge is 0.341 e. The van der Waals surface area contributed by atoms with Crippen LogP contribution in [-0.4, -0.2) is 23.1 Å². The third kappa shape index (κ3) is 3.03. The first-order valence-electron chi connectivity index (χ1n) is 6.91. The molecule has 116 valence electrons. The third-order valence-corrected chi connectivity index (χ3v) is 3.53. The highest BCUT2D eigenvalue weighted by atomic mass is 19.4. The zero-order valence-corrected chi connectivity index (χ0v) is 11.6. The number of rotatable bonds is 2. The standard InChI is InChI=1S/C15H13F4N3/c16-11-5-3-10(4-6-11)12-9-13(15(17,18)19)21-14(20-12)22-7-1-2-8-22/h3-6,9H,1-2,7-8H2. The van der Waals surface area contributed by atoms with Gasteiger partial charge in [0.1, 0.15) is 5.82 Å². The van der Waals surface area contributed by atoms with E-state index in [1.54, 1.807) is 4.90 Å². The van der Waals surface area contributed by atoms with Gasteiger partial charge in [0.15, 0.2) is 5.69 Å². The summed E-state index contributed by atoms with van der Waals surface area (Å²) in [4.78, 5) is 9.61. The number of hydrogen-bond donors (Lipinski definition) is 0. The highest BCUT2D eigenvalue weighted by Crippen LogP contribution is 2.32. The Balaban J connectivity index is 2.08. The predicted octanol–water partition coefficient (Wildman–Crippen LogP) is 3.90. The van der Waals surface area contributed by atoms with Gasteiger partial charge in [0.25, 0.3) is 0 Å². The number of hydrogen-bond acceptors (Lipinski definition) is 3. The van der Waals surface area contributed by atoms with Crippen molar-refractivity contribution >= 4 is 5.95 Å². The molecular formula is C15H13F4N3. The maximum atomic E-state index is 13.0. The van der Waals surface area contributed by atoms with Gasteiger partial charge in [-0.15, -0.1) is 0 Å². The van der Waals surface area contributed by atoms with E-state index in [0.29, 0.717) is 18.7 Å².